The first-order valence-corrected chi connectivity index (χ1v) is 6.50. The Balaban J connectivity index is 1.94. The van der Waals surface area contributed by atoms with Crippen molar-refractivity contribution in [3.05, 3.63) is 38.3 Å². The summed E-state index contributed by atoms with van der Waals surface area (Å²) in [4.78, 5) is 10.4. The van der Waals surface area contributed by atoms with Crippen LogP contribution in [0, 0.1) is 15.5 Å². The Morgan fingerprint density at radius 3 is 2.78 bits per heavy atom. The molecule has 98 valence electrons. The Morgan fingerprint density at radius 1 is 1.50 bits per heavy atom. The van der Waals surface area contributed by atoms with Gasteiger partial charge in [-0.3, -0.25) is 10.1 Å². The molecule has 0 atom stereocenters. The summed E-state index contributed by atoms with van der Waals surface area (Å²) >= 11 is 3.29. The third-order valence-corrected chi connectivity index (χ3v) is 3.39. The average molecular weight is 315 g/mol. The maximum Gasteiger partial charge on any atom is 0.270 e. The molecule has 1 aliphatic rings. The van der Waals surface area contributed by atoms with Gasteiger partial charge >= 0.3 is 0 Å². The molecule has 6 heteroatoms. The molecular weight excluding hydrogens is 300 g/mol. The Morgan fingerprint density at radius 2 is 2.22 bits per heavy atom. The molecule has 1 heterocycles. The number of hydrogen-bond donors (Lipinski definition) is 1. The number of nitrogens with one attached hydrogen (secondary N) is 1. The quantitative estimate of drug-likeness (QED) is 0.670. The zero-order chi connectivity index (χ0) is 13.2. The first kappa shape index (κ1) is 13.5. The monoisotopic (exact) mass is 314 g/mol. The fourth-order valence-electron chi connectivity index (χ4n) is 1.90. The highest BCUT2D eigenvalue weighted by atomic mass is 79.9. The second-order valence-electron chi connectivity index (χ2n) is 4.98. The van der Waals surface area contributed by atoms with Crippen molar-refractivity contribution < 1.29 is 9.66 Å². The largest absolute Gasteiger partial charge is 0.380 e. The van der Waals surface area contributed by atoms with Gasteiger partial charge in [-0.05, 0) is 11.6 Å². The summed E-state index contributed by atoms with van der Waals surface area (Å²) in [6.07, 6.45) is 0. The summed E-state index contributed by atoms with van der Waals surface area (Å²) in [5.74, 6) is 0. The Bertz CT molecular complexity index is 461. The van der Waals surface area contributed by atoms with Crippen LogP contribution in [0.1, 0.15) is 12.5 Å². The third-order valence-electron chi connectivity index (χ3n) is 2.94. The minimum atomic E-state index is -0.380. The molecule has 0 unspecified atom stereocenters. The molecule has 0 aliphatic carbocycles. The SMILES string of the molecule is CC1(CNCc2cc(Br)cc([N+](=O)[O-])c2)COC1. The van der Waals surface area contributed by atoms with E-state index in [0.29, 0.717) is 6.54 Å². The number of nitro groups is 1. The van der Waals surface area contributed by atoms with Crippen LogP contribution in [0.15, 0.2) is 22.7 Å². The fraction of sp³-hybridized carbons (Fsp3) is 0.500. The van der Waals surface area contributed by atoms with Gasteiger partial charge in [-0.2, -0.15) is 0 Å². The fourth-order valence-corrected chi connectivity index (χ4v) is 2.43. The van der Waals surface area contributed by atoms with Gasteiger partial charge in [-0.1, -0.05) is 22.9 Å². The second kappa shape index (κ2) is 5.34. The molecule has 0 aromatic heterocycles. The highest BCUT2D eigenvalue weighted by molar-refractivity contribution is 9.10. The molecule has 1 fully saturated rings. The van der Waals surface area contributed by atoms with Gasteiger partial charge < -0.3 is 10.1 Å². The van der Waals surface area contributed by atoms with Gasteiger partial charge in [0.15, 0.2) is 0 Å². The lowest BCUT2D eigenvalue weighted by Gasteiger charge is -2.38. The van der Waals surface area contributed by atoms with Crippen molar-refractivity contribution in [1.82, 2.24) is 5.32 Å². The molecule has 18 heavy (non-hydrogen) atoms. The minimum Gasteiger partial charge on any atom is -0.380 e. The van der Waals surface area contributed by atoms with Gasteiger partial charge in [0.2, 0.25) is 0 Å². The van der Waals surface area contributed by atoms with E-state index in [9.17, 15) is 10.1 Å². The van der Waals surface area contributed by atoms with Crippen LogP contribution in [-0.4, -0.2) is 24.7 Å². The lowest BCUT2D eigenvalue weighted by atomic mass is 9.89. The lowest BCUT2D eigenvalue weighted by molar-refractivity contribution is -0.385. The third kappa shape index (κ3) is 3.28. The van der Waals surface area contributed by atoms with Crippen molar-refractivity contribution >= 4 is 21.6 Å². The standard InChI is InChI=1S/C12H15BrN2O3/c1-12(7-18-8-12)6-14-5-9-2-10(13)4-11(3-9)15(16)17/h2-4,14H,5-8H2,1H3. The van der Waals surface area contributed by atoms with Crippen molar-refractivity contribution in [2.45, 2.75) is 13.5 Å². The maximum atomic E-state index is 10.7. The highest BCUT2D eigenvalue weighted by Crippen LogP contribution is 2.25. The molecule has 0 saturated carbocycles. The molecule has 0 bridgehead atoms. The Kier molecular flexibility index (Phi) is 3.99. The number of non-ortho nitro benzene ring substituents is 1. The number of nitro benzene ring substituents is 1. The molecule has 0 amide bonds. The molecule has 1 aromatic rings. The van der Waals surface area contributed by atoms with Gasteiger partial charge in [-0.25, -0.2) is 0 Å². The number of hydrogen-bond acceptors (Lipinski definition) is 4. The molecule has 1 aromatic carbocycles. The summed E-state index contributed by atoms with van der Waals surface area (Å²) < 4.78 is 5.90. The van der Waals surface area contributed by atoms with E-state index >= 15 is 0 Å². The van der Waals surface area contributed by atoms with E-state index in [2.05, 4.69) is 28.2 Å². The van der Waals surface area contributed by atoms with E-state index in [1.165, 1.54) is 6.07 Å². The van der Waals surface area contributed by atoms with Crippen molar-refractivity contribution in [3.63, 3.8) is 0 Å². The van der Waals surface area contributed by atoms with E-state index in [-0.39, 0.29) is 16.0 Å². The summed E-state index contributed by atoms with van der Waals surface area (Å²) in [6.45, 7) is 5.19. The molecule has 0 spiro atoms. The van der Waals surface area contributed by atoms with Gasteiger partial charge in [0.05, 0.1) is 18.1 Å². The van der Waals surface area contributed by atoms with Crippen LogP contribution in [0.4, 0.5) is 5.69 Å². The van der Waals surface area contributed by atoms with E-state index in [1.807, 2.05) is 6.07 Å². The second-order valence-corrected chi connectivity index (χ2v) is 5.90. The van der Waals surface area contributed by atoms with Crippen LogP contribution in [-0.2, 0) is 11.3 Å². The summed E-state index contributed by atoms with van der Waals surface area (Å²) in [5, 5.41) is 14.1. The maximum absolute atomic E-state index is 10.7. The summed E-state index contributed by atoms with van der Waals surface area (Å²) in [7, 11) is 0. The van der Waals surface area contributed by atoms with Gasteiger partial charge in [0.25, 0.3) is 5.69 Å². The summed E-state index contributed by atoms with van der Waals surface area (Å²) in [5.41, 5.74) is 1.22. The van der Waals surface area contributed by atoms with Crippen LogP contribution in [0.2, 0.25) is 0 Å². The van der Waals surface area contributed by atoms with Crippen molar-refractivity contribution in [1.29, 1.82) is 0 Å². The van der Waals surface area contributed by atoms with E-state index < -0.39 is 0 Å². The average Bonchev–Trinajstić information content (AvgIpc) is 2.26. The van der Waals surface area contributed by atoms with E-state index in [4.69, 9.17) is 4.74 Å². The number of ether oxygens (including phenoxy) is 1. The summed E-state index contributed by atoms with van der Waals surface area (Å²) in [6, 6.07) is 4.99. The number of nitrogens with zero attached hydrogens (tertiary/aromatic N) is 1. The van der Waals surface area contributed by atoms with Crippen LogP contribution >= 0.6 is 15.9 Å². The normalized spacial score (nSPS) is 17.2. The first-order valence-electron chi connectivity index (χ1n) is 5.71. The van der Waals surface area contributed by atoms with Gasteiger partial charge in [0.1, 0.15) is 0 Å². The van der Waals surface area contributed by atoms with Crippen molar-refractivity contribution in [3.8, 4) is 0 Å². The smallest absolute Gasteiger partial charge is 0.270 e. The van der Waals surface area contributed by atoms with Crippen LogP contribution in [0.3, 0.4) is 0 Å². The van der Waals surface area contributed by atoms with Crippen molar-refractivity contribution in [2.24, 2.45) is 5.41 Å². The molecule has 1 saturated heterocycles. The van der Waals surface area contributed by atoms with Gasteiger partial charge in [-0.15, -0.1) is 0 Å². The van der Waals surface area contributed by atoms with Crippen molar-refractivity contribution in [2.75, 3.05) is 19.8 Å². The van der Waals surface area contributed by atoms with Crippen LogP contribution in [0.5, 0.6) is 0 Å². The number of benzene rings is 1. The van der Waals surface area contributed by atoms with Crippen LogP contribution < -0.4 is 5.32 Å². The molecule has 1 aliphatic heterocycles. The zero-order valence-corrected chi connectivity index (χ0v) is 11.7. The predicted octanol–water partition coefficient (Wildman–Crippen LogP) is 2.48. The minimum absolute atomic E-state index is 0.111. The first-order chi connectivity index (χ1) is 8.48. The number of rotatable bonds is 5. The highest BCUT2D eigenvalue weighted by Gasteiger charge is 2.32. The van der Waals surface area contributed by atoms with Crippen LogP contribution in [0.25, 0.3) is 0 Å². The molecule has 5 nitrogen and oxygen atoms in total. The van der Waals surface area contributed by atoms with Gasteiger partial charge in [0, 0.05) is 35.1 Å². The zero-order valence-electron chi connectivity index (χ0n) is 10.1. The lowest BCUT2D eigenvalue weighted by Crippen LogP contribution is -2.47. The molecule has 2 rings (SSSR count). The Hall–Kier alpha value is -0.980. The van der Waals surface area contributed by atoms with E-state index in [0.717, 1.165) is 29.8 Å². The Labute approximate surface area is 114 Å². The predicted molar refractivity (Wildman–Crippen MR) is 71.4 cm³/mol. The molecular formula is C12H15BrN2O3. The topological polar surface area (TPSA) is 64.4 Å². The van der Waals surface area contributed by atoms with E-state index in [1.54, 1.807) is 6.07 Å². The number of halogens is 1. The molecule has 1 N–H and O–H groups in total. The molecule has 0 radical (unpaired) electrons.